The lowest BCUT2D eigenvalue weighted by atomic mass is 10.1. The number of rotatable bonds is 5. The average molecular weight is 222 g/mol. The summed E-state index contributed by atoms with van der Waals surface area (Å²) in [5.74, 6) is 0.516. The van der Waals surface area contributed by atoms with Gasteiger partial charge in [0.05, 0.1) is 19.6 Å². The van der Waals surface area contributed by atoms with E-state index in [0.29, 0.717) is 0 Å². The number of carbonyl (C=O) groups excluding carboxylic acids is 1. The molecule has 0 aromatic heterocycles. The molecule has 0 bridgehead atoms. The molecule has 88 valence electrons. The van der Waals surface area contributed by atoms with Gasteiger partial charge in [-0.15, -0.1) is 0 Å². The number of esters is 1. The molecule has 0 N–H and O–H groups in total. The summed E-state index contributed by atoms with van der Waals surface area (Å²) in [5, 5.41) is 0. The minimum Gasteiger partial charge on any atom is -0.496 e. The molecule has 1 aromatic carbocycles. The SMILES string of the molecule is CCC(C)OC(=O)Cc1ccccc1OC. The third-order valence-corrected chi connectivity index (χ3v) is 2.43. The molecule has 0 aliphatic carbocycles. The molecule has 1 atom stereocenters. The smallest absolute Gasteiger partial charge is 0.310 e. The summed E-state index contributed by atoms with van der Waals surface area (Å²) < 4.78 is 10.4. The van der Waals surface area contributed by atoms with E-state index in [0.717, 1.165) is 17.7 Å². The highest BCUT2D eigenvalue weighted by Crippen LogP contribution is 2.18. The van der Waals surface area contributed by atoms with Gasteiger partial charge >= 0.3 is 5.97 Å². The van der Waals surface area contributed by atoms with Crippen LogP contribution in [0.3, 0.4) is 0 Å². The van der Waals surface area contributed by atoms with Gasteiger partial charge in [-0.05, 0) is 19.4 Å². The lowest BCUT2D eigenvalue weighted by Gasteiger charge is -2.12. The van der Waals surface area contributed by atoms with Crippen LogP contribution >= 0.6 is 0 Å². The maximum absolute atomic E-state index is 11.6. The van der Waals surface area contributed by atoms with Crippen LogP contribution in [0.2, 0.25) is 0 Å². The molecule has 0 fully saturated rings. The van der Waals surface area contributed by atoms with Gasteiger partial charge in [-0.2, -0.15) is 0 Å². The van der Waals surface area contributed by atoms with Gasteiger partial charge in [0.2, 0.25) is 0 Å². The van der Waals surface area contributed by atoms with E-state index >= 15 is 0 Å². The lowest BCUT2D eigenvalue weighted by Crippen LogP contribution is -2.16. The van der Waals surface area contributed by atoms with Crippen LogP contribution < -0.4 is 4.74 Å². The highest BCUT2D eigenvalue weighted by molar-refractivity contribution is 5.73. The Morgan fingerprint density at radius 3 is 2.69 bits per heavy atom. The predicted molar refractivity (Wildman–Crippen MR) is 62.5 cm³/mol. The van der Waals surface area contributed by atoms with Gasteiger partial charge in [-0.25, -0.2) is 0 Å². The topological polar surface area (TPSA) is 35.5 Å². The molecule has 0 radical (unpaired) electrons. The monoisotopic (exact) mass is 222 g/mol. The van der Waals surface area contributed by atoms with Gasteiger partial charge in [0.25, 0.3) is 0 Å². The van der Waals surface area contributed by atoms with Crippen LogP contribution in [0.4, 0.5) is 0 Å². The summed E-state index contributed by atoms with van der Waals surface area (Å²) in [6.07, 6.45) is 1.06. The summed E-state index contributed by atoms with van der Waals surface area (Å²) >= 11 is 0. The number of carbonyl (C=O) groups is 1. The Hall–Kier alpha value is -1.51. The van der Waals surface area contributed by atoms with Crippen LogP contribution in [0.15, 0.2) is 24.3 Å². The van der Waals surface area contributed by atoms with E-state index in [1.165, 1.54) is 0 Å². The molecule has 1 rings (SSSR count). The predicted octanol–water partition coefficient (Wildman–Crippen LogP) is 2.58. The minimum absolute atomic E-state index is 0.0257. The third-order valence-electron chi connectivity index (χ3n) is 2.43. The maximum Gasteiger partial charge on any atom is 0.310 e. The number of hydrogen-bond donors (Lipinski definition) is 0. The van der Waals surface area contributed by atoms with Crippen molar-refractivity contribution >= 4 is 5.97 Å². The standard InChI is InChI=1S/C13H18O3/c1-4-10(2)16-13(14)9-11-7-5-6-8-12(11)15-3/h5-8,10H,4,9H2,1-3H3. The quantitative estimate of drug-likeness (QED) is 0.718. The first-order valence-electron chi connectivity index (χ1n) is 5.48. The first-order valence-corrected chi connectivity index (χ1v) is 5.48. The molecule has 0 amide bonds. The van der Waals surface area contributed by atoms with Crippen molar-refractivity contribution in [3.05, 3.63) is 29.8 Å². The summed E-state index contributed by atoms with van der Waals surface area (Å²) in [4.78, 5) is 11.6. The molecular formula is C13H18O3. The highest BCUT2D eigenvalue weighted by atomic mass is 16.5. The van der Waals surface area contributed by atoms with Crippen molar-refractivity contribution in [3.63, 3.8) is 0 Å². The second-order valence-electron chi connectivity index (χ2n) is 3.70. The number of methoxy groups -OCH3 is 1. The number of hydrogen-bond acceptors (Lipinski definition) is 3. The Balaban J connectivity index is 2.62. The molecule has 16 heavy (non-hydrogen) atoms. The second-order valence-corrected chi connectivity index (χ2v) is 3.70. The van der Waals surface area contributed by atoms with E-state index in [9.17, 15) is 4.79 Å². The van der Waals surface area contributed by atoms with Gasteiger partial charge in [0.15, 0.2) is 0 Å². The molecule has 0 aliphatic heterocycles. The Labute approximate surface area is 96.4 Å². The second kappa shape index (κ2) is 6.16. The van der Waals surface area contributed by atoms with Crippen molar-refractivity contribution < 1.29 is 14.3 Å². The Kier molecular flexibility index (Phi) is 4.83. The van der Waals surface area contributed by atoms with E-state index in [1.54, 1.807) is 7.11 Å². The van der Waals surface area contributed by atoms with E-state index < -0.39 is 0 Å². The van der Waals surface area contributed by atoms with Crippen molar-refractivity contribution in [2.75, 3.05) is 7.11 Å². The average Bonchev–Trinajstić information content (AvgIpc) is 2.29. The van der Waals surface area contributed by atoms with Gasteiger partial charge in [-0.1, -0.05) is 25.1 Å². The summed E-state index contributed by atoms with van der Waals surface area (Å²) in [6, 6.07) is 7.47. The molecule has 3 heteroatoms. The molecule has 3 nitrogen and oxygen atoms in total. The molecule has 0 heterocycles. The van der Waals surface area contributed by atoms with Crippen LogP contribution in [0, 0.1) is 0 Å². The first kappa shape index (κ1) is 12.6. The van der Waals surface area contributed by atoms with Gasteiger partial charge in [-0.3, -0.25) is 4.79 Å². The van der Waals surface area contributed by atoms with Crippen LogP contribution in [0.1, 0.15) is 25.8 Å². The molecule has 0 aliphatic rings. The molecule has 0 spiro atoms. The summed E-state index contributed by atoms with van der Waals surface area (Å²) in [7, 11) is 1.60. The molecule has 1 aromatic rings. The first-order chi connectivity index (χ1) is 7.67. The van der Waals surface area contributed by atoms with Gasteiger partial charge in [0, 0.05) is 5.56 Å². The molecule has 0 saturated carbocycles. The van der Waals surface area contributed by atoms with E-state index in [1.807, 2.05) is 38.1 Å². The minimum atomic E-state index is -0.209. The number of ether oxygens (including phenoxy) is 2. The molecular weight excluding hydrogens is 204 g/mol. The Morgan fingerprint density at radius 1 is 1.38 bits per heavy atom. The normalized spacial score (nSPS) is 11.9. The van der Waals surface area contributed by atoms with Crippen LogP contribution in [0.5, 0.6) is 5.75 Å². The number of para-hydroxylation sites is 1. The van der Waals surface area contributed by atoms with E-state index in [-0.39, 0.29) is 18.5 Å². The van der Waals surface area contributed by atoms with Crippen molar-refractivity contribution in [1.82, 2.24) is 0 Å². The summed E-state index contributed by atoms with van der Waals surface area (Å²) in [6.45, 7) is 3.88. The van der Waals surface area contributed by atoms with E-state index in [4.69, 9.17) is 9.47 Å². The highest BCUT2D eigenvalue weighted by Gasteiger charge is 2.11. The number of benzene rings is 1. The van der Waals surface area contributed by atoms with Crippen LogP contribution in [-0.4, -0.2) is 19.2 Å². The fourth-order valence-electron chi connectivity index (χ4n) is 1.35. The molecule has 1 unspecified atom stereocenters. The third kappa shape index (κ3) is 3.57. The van der Waals surface area contributed by atoms with Crippen molar-refractivity contribution in [2.45, 2.75) is 32.8 Å². The lowest BCUT2D eigenvalue weighted by molar-refractivity contribution is -0.147. The maximum atomic E-state index is 11.6. The fraction of sp³-hybridized carbons (Fsp3) is 0.462. The zero-order valence-electron chi connectivity index (χ0n) is 10.0. The van der Waals surface area contributed by atoms with Crippen molar-refractivity contribution in [1.29, 1.82) is 0 Å². The molecule has 0 saturated heterocycles. The van der Waals surface area contributed by atoms with E-state index in [2.05, 4.69) is 0 Å². The van der Waals surface area contributed by atoms with Crippen molar-refractivity contribution in [2.24, 2.45) is 0 Å². The van der Waals surface area contributed by atoms with Gasteiger partial charge < -0.3 is 9.47 Å². The Bertz CT molecular complexity index is 347. The van der Waals surface area contributed by atoms with Crippen LogP contribution in [0.25, 0.3) is 0 Å². The van der Waals surface area contributed by atoms with Gasteiger partial charge in [0.1, 0.15) is 5.75 Å². The Morgan fingerprint density at radius 2 is 2.06 bits per heavy atom. The van der Waals surface area contributed by atoms with Crippen molar-refractivity contribution in [3.8, 4) is 5.75 Å². The fourth-order valence-corrected chi connectivity index (χ4v) is 1.35. The summed E-state index contributed by atoms with van der Waals surface area (Å²) in [5.41, 5.74) is 0.860. The van der Waals surface area contributed by atoms with Crippen LogP contribution in [-0.2, 0) is 16.0 Å². The zero-order valence-corrected chi connectivity index (χ0v) is 10.0. The zero-order chi connectivity index (χ0) is 12.0. The largest absolute Gasteiger partial charge is 0.496 e.